The zero-order valence-electron chi connectivity index (χ0n) is 17.9. The second-order valence-corrected chi connectivity index (χ2v) is 8.01. The van der Waals surface area contributed by atoms with Gasteiger partial charge in [0.25, 0.3) is 0 Å². The predicted octanol–water partition coefficient (Wildman–Crippen LogP) is 7.27. The van der Waals surface area contributed by atoms with Crippen molar-refractivity contribution < 1.29 is 19.1 Å². The molecule has 0 bridgehead atoms. The third-order valence-electron chi connectivity index (χ3n) is 4.92. The predicted molar refractivity (Wildman–Crippen MR) is 118 cm³/mol. The van der Waals surface area contributed by atoms with Crippen LogP contribution in [0.3, 0.4) is 0 Å². The van der Waals surface area contributed by atoms with E-state index >= 15 is 0 Å². The largest absolute Gasteiger partial charge is 0.457 e. The summed E-state index contributed by atoms with van der Waals surface area (Å²) < 4.78 is 9.90. The van der Waals surface area contributed by atoms with Crippen LogP contribution in [0.4, 0.5) is 0 Å². The zero-order chi connectivity index (χ0) is 21.2. The van der Waals surface area contributed by atoms with Gasteiger partial charge in [-0.1, -0.05) is 102 Å². The van der Waals surface area contributed by atoms with Crippen LogP contribution in [0.5, 0.6) is 5.75 Å². The van der Waals surface area contributed by atoms with E-state index in [2.05, 4.69) is 6.92 Å². The number of esters is 2. The van der Waals surface area contributed by atoms with Gasteiger partial charge in [0.2, 0.25) is 0 Å². The van der Waals surface area contributed by atoms with E-state index in [9.17, 15) is 9.59 Å². The molecule has 0 atom stereocenters. The molecule has 0 amide bonds. The van der Waals surface area contributed by atoms with Crippen molar-refractivity contribution in [2.45, 2.75) is 96.8 Å². The van der Waals surface area contributed by atoms with Gasteiger partial charge in [0.1, 0.15) is 5.75 Å². The highest BCUT2D eigenvalue weighted by Gasteiger charge is 2.18. The molecule has 0 aliphatic carbocycles. The number of halogens is 1. The Morgan fingerprint density at radius 2 is 1.14 bits per heavy atom. The van der Waals surface area contributed by atoms with Crippen molar-refractivity contribution in [1.29, 1.82) is 0 Å². The normalized spacial score (nSPS) is 10.7. The van der Waals surface area contributed by atoms with E-state index in [1.54, 1.807) is 12.1 Å². The molecule has 0 aromatic heterocycles. The summed E-state index contributed by atoms with van der Waals surface area (Å²) in [5.41, 5.74) is 0. The molecule has 29 heavy (non-hydrogen) atoms. The first kappa shape index (κ1) is 25.5. The van der Waals surface area contributed by atoms with E-state index in [1.165, 1.54) is 82.8 Å². The van der Waals surface area contributed by atoms with Gasteiger partial charge in [-0.2, -0.15) is 0 Å². The fraction of sp³-hybridized carbons (Fsp3) is 0.667. The Kier molecular flexibility index (Phi) is 15.2. The minimum absolute atomic E-state index is 0.257. The van der Waals surface area contributed by atoms with Crippen LogP contribution in [-0.4, -0.2) is 18.5 Å². The first-order chi connectivity index (χ1) is 14.1. The van der Waals surface area contributed by atoms with Crippen LogP contribution in [0, 0.1) is 0 Å². The second-order valence-electron chi connectivity index (χ2n) is 7.58. The van der Waals surface area contributed by atoms with Crippen molar-refractivity contribution >= 4 is 23.5 Å². The molecule has 0 fully saturated rings. The Balaban J connectivity index is 1.88. The van der Waals surface area contributed by atoms with Crippen LogP contribution in [0.15, 0.2) is 24.3 Å². The first-order valence-corrected chi connectivity index (χ1v) is 11.7. The van der Waals surface area contributed by atoms with Crippen LogP contribution < -0.4 is 4.74 Å². The van der Waals surface area contributed by atoms with Gasteiger partial charge in [-0.25, -0.2) is 9.59 Å². The highest BCUT2D eigenvalue weighted by molar-refractivity contribution is 6.31. The van der Waals surface area contributed by atoms with E-state index in [4.69, 9.17) is 21.1 Å². The Morgan fingerprint density at radius 1 is 0.690 bits per heavy atom. The molecular weight excluding hydrogens is 388 g/mol. The molecule has 0 saturated heterocycles. The van der Waals surface area contributed by atoms with Gasteiger partial charge in [0.15, 0.2) is 0 Å². The van der Waals surface area contributed by atoms with Crippen molar-refractivity contribution in [1.82, 2.24) is 0 Å². The van der Waals surface area contributed by atoms with Crippen LogP contribution in [0.2, 0.25) is 5.02 Å². The van der Waals surface area contributed by atoms with Gasteiger partial charge in [0.05, 0.1) is 6.61 Å². The average Bonchev–Trinajstić information content (AvgIpc) is 2.72. The maximum atomic E-state index is 11.6. The molecule has 0 spiro atoms. The number of ether oxygens (including phenoxy) is 2. The first-order valence-electron chi connectivity index (χ1n) is 11.3. The van der Waals surface area contributed by atoms with Crippen molar-refractivity contribution in [3.63, 3.8) is 0 Å². The van der Waals surface area contributed by atoms with Crippen molar-refractivity contribution in [3.8, 4) is 5.75 Å². The van der Waals surface area contributed by atoms with E-state index in [1.807, 2.05) is 0 Å². The molecule has 5 heteroatoms. The second kappa shape index (κ2) is 17.3. The zero-order valence-corrected chi connectivity index (χ0v) is 18.7. The molecule has 0 unspecified atom stereocenters. The molecule has 0 N–H and O–H groups in total. The topological polar surface area (TPSA) is 52.6 Å². The summed E-state index contributed by atoms with van der Waals surface area (Å²) in [6, 6.07) is 6.23. The standard InChI is InChI=1S/C24H37ClO4/c1-2-3-4-5-6-7-8-9-10-11-12-13-14-15-20-28-23(26)24(27)29-22-18-16-21(25)17-19-22/h16-19H,2-15,20H2,1H3. The minimum atomic E-state index is -1.00. The van der Waals surface area contributed by atoms with Crippen LogP contribution >= 0.6 is 11.6 Å². The molecule has 1 aromatic rings. The SMILES string of the molecule is CCCCCCCCCCCCCCCCOC(=O)C(=O)Oc1ccc(Cl)cc1. The average molecular weight is 425 g/mol. The van der Waals surface area contributed by atoms with Crippen molar-refractivity contribution in [3.05, 3.63) is 29.3 Å². The van der Waals surface area contributed by atoms with Gasteiger partial charge >= 0.3 is 11.9 Å². The van der Waals surface area contributed by atoms with E-state index < -0.39 is 11.9 Å². The maximum Gasteiger partial charge on any atom is 0.422 e. The number of benzene rings is 1. The van der Waals surface area contributed by atoms with E-state index in [-0.39, 0.29) is 12.4 Å². The Morgan fingerprint density at radius 3 is 1.62 bits per heavy atom. The minimum Gasteiger partial charge on any atom is -0.457 e. The highest BCUT2D eigenvalue weighted by atomic mass is 35.5. The Bertz CT molecular complexity index is 557. The molecule has 0 saturated carbocycles. The lowest BCUT2D eigenvalue weighted by molar-refractivity contribution is -0.162. The number of carbonyl (C=O) groups excluding carboxylic acids is 2. The fourth-order valence-corrected chi connectivity index (χ4v) is 3.30. The number of hydrogen-bond acceptors (Lipinski definition) is 4. The lowest BCUT2D eigenvalue weighted by atomic mass is 10.0. The summed E-state index contributed by atoms with van der Waals surface area (Å²) in [7, 11) is 0. The van der Waals surface area contributed by atoms with E-state index in [0.717, 1.165) is 19.3 Å². The molecular formula is C24H37ClO4. The monoisotopic (exact) mass is 424 g/mol. The van der Waals surface area contributed by atoms with Gasteiger partial charge in [-0.05, 0) is 30.7 Å². The lowest BCUT2D eigenvalue weighted by Gasteiger charge is -2.06. The molecule has 1 aromatic carbocycles. The third kappa shape index (κ3) is 14.1. The Labute approximate surface area is 181 Å². The van der Waals surface area contributed by atoms with Gasteiger partial charge < -0.3 is 9.47 Å². The molecule has 1 rings (SSSR count). The number of hydrogen-bond donors (Lipinski definition) is 0. The molecule has 0 heterocycles. The quantitative estimate of drug-likeness (QED) is 0.121. The van der Waals surface area contributed by atoms with Gasteiger partial charge in [0, 0.05) is 5.02 Å². The lowest BCUT2D eigenvalue weighted by Crippen LogP contribution is -2.23. The Hall–Kier alpha value is -1.55. The number of unbranched alkanes of at least 4 members (excludes halogenated alkanes) is 13. The molecule has 0 radical (unpaired) electrons. The smallest absolute Gasteiger partial charge is 0.422 e. The van der Waals surface area contributed by atoms with Crippen LogP contribution in [0.25, 0.3) is 0 Å². The van der Waals surface area contributed by atoms with Crippen LogP contribution in [0.1, 0.15) is 96.8 Å². The maximum absolute atomic E-state index is 11.6. The van der Waals surface area contributed by atoms with Gasteiger partial charge in [-0.3, -0.25) is 0 Å². The van der Waals surface area contributed by atoms with Crippen LogP contribution in [-0.2, 0) is 14.3 Å². The highest BCUT2D eigenvalue weighted by Crippen LogP contribution is 2.16. The third-order valence-corrected chi connectivity index (χ3v) is 5.17. The fourth-order valence-electron chi connectivity index (χ4n) is 3.17. The summed E-state index contributed by atoms with van der Waals surface area (Å²) in [6.45, 7) is 2.51. The number of rotatable bonds is 16. The van der Waals surface area contributed by atoms with E-state index in [0.29, 0.717) is 5.02 Å². The summed E-state index contributed by atoms with van der Waals surface area (Å²) >= 11 is 5.76. The summed E-state index contributed by atoms with van der Waals surface area (Å²) in [5.74, 6) is -1.68. The molecule has 0 aliphatic rings. The number of carbonyl (C=O) groups is 2. The van der Waals surface area contributed by atoms with Gasteiger partial charge in [-0.15, -0.1) is 0 Å². The summed E-state index contributed by atoms with van der Waals surface area (Å²) in [4.78, 5) is 23.3. The summed E-state index contributed by atoms with van der Waals surface area (Å²) in [5, 5.41) is 0.533. The molecule has 164 valence electrons. The summed E-state index contributed by atoms with van der Waals surface area (Å²) in [6.07, 6.45) is 17.8. The van der Waals surface area contributed by atoms with Crippen molar-refractivity contribution in [2.24, 2.45) is 0 Å². The van der Waals surface area contributed by atoms with Crippen molar-refractivity contribution in [2.75, 3.05) is 6.61 Å². The molecule has 0 aliphatic heterocycles. The molecule has 4 nitrogen and oxygen atoms in total.